The summed E-state index contributed by atoms with van der Waals surface area (Å²) in [4.78, 5) is 18.6. The van der Waals surface area contributed by atoms with E-state index in [-0.39, 0.29) is 17.1 Å². The number of H-pyrrole nitrogens is 1. The number of hydrogen-bond acceptors (Lipinski definition) is 4. The van der Waals surface area contributed by atoms with Crippen molar-refractivity contribution in [2.75, 3.05) is 0 Å². The summed E-state index contributed by atoms with van der Waals surface area (Å²) in [5, 5.41) is 29.1. The Morgan fingerprint density at radius 3 is 2.73 bits per heavy atom. The van der Waals surface area contributed by atoms with Crippen LogP contribution < -0.4 is 0 Å². The van der Waals surface area contributed by atoms with Gasteiger partial charge >= 0.3 is 5.97 Å². The van der Waals surface area contributed by atoms with Gasteiger partial charge in [0.15, 0.2) is 11.5 Å². The summed E-state index contributed by atoms with van der Waals surface area (Å²) in [6.45, 7) is 0. The first-order valence-corrected chi connectivity index (χ1v) is 6.45. The molecule has 3 aromatic rings. The molecule has 0 radical (unpaired) electrons. The van der Waals surface area contributed by atoms with Gasteiger partial charge in [-0.15, -0.1) is 0 Å². The molecule has 2 aromatic heterocycles. The summed E-state index contributed by atoms with van der Waals surface area (Å²) in [6, 6.07) is 7.49. The quantitative estimate of drug-likeness (QED) is 0.439. The predicted molar refractivity (Wildman–Crippen MR) is 81.4 cm³/mol. The highest BCUT2D eigenvalue weighted by atomic mass is 16.4. The van der Waals surface area contributed by atoms with E-state index in [1.165, 1.54) is 24.3 Å². The summed E-state index contributed by atoms with van der Waals surface area (Å²) in [6.07, 6.45) is 4.80. The number of hydrogen-bond donors (Lipinski definition) is 4. The summed E-state index contributed by atoms with van der Waals surface area (Å²) in [5.74, 6) is -1.81. The van der Waals surface area contributed by atoms with Crippen LogP contribution in [0.25, 0.3) is 22.7 Å². The molecule has 0 fully saturated rings. The molecule has 0 aliphatic rings. The van der Waals surface area contributed by atoms with Gasteiger partial charge in [0.2, 0.25) is 0 Å². The molecule has 0 aliphatic carbocycles. The highest BCUT2D eigenvalue weighted by molar-refractivity contribution is 6.21. The maximum atomic E-state index is 11.5. The third-order valence-electron chi connectivity index (χ3n) is 3.30. The third-order valence-corrected chi connectivity index (χ3v) is 3.30. The SMILES string of the molecule is O=C(O)/C(=C\c1c[nH]c2ncccc12)c1ccc(O)c(O)c1. The van der Waals surface area contributed by atoms with Crippen molar-refractivity contribution in [1.29, 1.82) is 0 Å². The van der Waals surface area contributed by atoms with Crippen molar-refractivity contribution in [3.63, 3.8) is 0 Å². The summed E-state index contributed by atoms with van der Waals surface area (Å²) in [7, 11) is 0. The van der Waals surface area contributed by atoms with Crippen molar-refractivity contribution >= 4 is 28.7 Å². The first-order valence-electron chi connectivity index (χ1n) is 6.45. The highest BCUT2D eigenvalue weighted by Gasteiger charge is 2.14. The number of aromatic nitrogens is 2. The van der Waals surface area contributed by atoms with Crippen LogP contribution in [0.2, 0.25) is 0 Å². The summed E-state index contributed by atoms with van der Waals surface area (Å²) >= 11 is 0. The van der Waals surface area contributed by atoms with Crippen molar-refractivity contribution in [2.24, 2.45) is 0 Å². The number of nitrogens with zero attached hydrogens (tertiary/aromatic N) is 1. The van der Waals surface area contributed by atoms with Gasteiger partial charge in [0.05, 0.1) is 5.57 Å². The molecule has 3 rings (SSSR count). The Morgan fingerprint density at radius 1 is 1.18 bits per heavy atom. The molecule has 0 saturated heterocycles. The predicted octanol–water partition coefficient (Wildman–Crippen LogP) is 2.60. The van der Waals surface area contributed by atoms with Crippen LogP contribution in [0.3, 0.4) is 0 Å². The normalized spacial score (nSPS) is 11.7. The number of carboxylic acid groups (broad SMARTS) is 1. The number of benzene rings is 1. The van der Waals surface area contributed by atoms with Crippen molar-refractivity contribution in [1.82, 2.24) is 9.97 Å². The van der Waals surface area contributed by atoms with Gasteiger partial charge in [-0.2, -0.15) is 0 Å². The number of rotatable bonds is 3. The molecule has 6 heteroatoms. The van der Waals surface area contributed by atoms with E-state index in [1.807, 2.05) is 6.07 Å². The minimum Gasteiger partial charge on any atom is -0.504 e. The monoisotopic (exact) mass is 296 g/mol. The van der Waals surface area contributed by atoms with Crippen LogP contribution in [0.4, 0.5) is 0 Å². The second kappa shape index (κ2) is 5.25. The molecule has 0 amide bonds. The summed E-state index contributed by atoms with van der Waals surface area (Å²) < 4.78 is 0. The van der Waals surface area contributed by atoms with Gasteiger partial charge in [0.1, 0.15) is 5.65 Å². The van der Waals surface area contributed by atoms with Crippen molar-refractivity contribution in [3.8, 4) is 11.5 Å². The van der Waals surface area contributed by atoms with E-state index in [4.69, 9.17) is 0 Å². The zero-order valence-electron chi connectivity index (χ0n) is 11.3. The fourth-order valence-corrected chi connectivity index (χ4v) is 2.21. The van der Waals surface area contributed by atoms with Crippen molar-refractivity contribution < 1.29 is 20.1 Å². The Kier molecular flexibility index (Phi) is 3.27. The zero-order valence-corrected chi connectivity index (χ0v) is 11.3. The first kappa shape index (κ1) is 13.7. The van der Waals surface area contributed by atoms with E-state index >= 15 is 0 Å². The Morgan fingerprint density at radius 2 is 2.00 bits per heavy atom. The van der Waals surface area contributed by atoms with E-state index in [9.17, 15) is 20.1 Å². The molecular weight excluding hydrogens is 284 g/mol. The number of pyridine rings is 1. The lowest BCUT2D eigenvalue weighted by atomic mass is 10.0. The molecule has 2 heterocycles. The molecule has 0 atom stereocenters. The molecule has 0 aliphatic heterocycles. The van der Waals surface area contributed by atoms with Crippen LogP contribution in [0, 0.1) is 0 Å². The van der Waals surface area contributed by atoms with Gasteiger partial charge in [-0.05, 0) is 35.9 Å². The number of carbonyl (C=O) groups is 1. The fourth-order valence-electron chi connectivity index (χ4n) is 2.21. The Bertz CT molecular complexity index is 896. The van der Waals surface area contributed by atoms with Crippen LogP contribution in [0.5, 0.6) is 11.5 Å². The van der Waals surface area contributed by atoms with Gasteiger partial charge in [0.25, 0.3) is 0 Å². The average Bonchev–Trinajstić information content (AvgIpc) is 2.91. The number of fused-ring (bicyclic) bond motifs is 1. The van der Waals surface area contributed by atoms with Gasteiger partial charge < -0.3 is 20.3 Å². The average molecular weight is 296 g/mol. The lowest BCUT2D eigenvalue weighted by Crippen LogP contribution is -1.99. The van der Waals surface area contributed by atoms with E-state index in [2.05, 4.69) is 9.97 Å². The molecule has 0 saturated carbocycles. The molecule has 0 spiro atoms. The van der Waals surface area contributed by atoms with Gasteiger partial charge in [0, 0.05) is 23.3 Å². The number of phenols is 2. The largest absolute Gasteiger partial charge is 0.504 e. The molecule has 110 valence electrons. The number of aromatic amines is 1. The standard InChI is InChI=1S/C16H12N2O4/c19-13-4-3-9(7-14(13)20)12(16(21)22)6-10-8-18-15-11(10)2-1-5-17-15/h1-8,19-20H,(H,17,18)(H,21,22)/b12-6-. The topological polar surface area (TPSA) is 106 Å². The van der Waals surface area contributed by atoms with Gasteiger partial charge in [-0.1, -0.05) is 6.07 Å². The van der Waals surface area contributed by atoms with Gasteiger partial charge in [-0.3, -0.25) is 0 Å². The number of aliphatic carboxylic acids is 1. The minimum atomic E-state index is -1.14. The van der Waals surface area contributed by atoms with E-state index in [1.54, 1.807) is 18.5 Å². The van der Waals surface area contributed by atoms with Crippen molar-refractivity contribution in [2.45, 2.75) is 0 Å². The summed E-state index contributed by atoms with van der Waals surface area (Å²) in [5.41, 5.74) is 1.63. The first-order chi connectivity index (χ1) is 10.6. The van der Waals surface area contributed by atoms with Crippen LogP contribution >= 0.6 is 0 Å². The number of phenolic OH excluding ortho intramolecular Hbond substituents is 2. The second-order valence-corrected chi connectivity index (χ2v) is 4.71. The maximum absolute atomic E-state index is 11.5. The fraction of sp³-hybridized carbons (Fsp3) is 0. The Labute approximate surface area is 125 Å². The van der Waals surface area contributed by atoms with Gasteiger partial charge in [-0.25, -0.2) is 9.78 Å². The van der Waals surface area contributed by atoms with Crippen molar-refractivity contribution in [3.05, 3.63) is 53.9 Å². The van der Waals surface area contributed by atoms with Crippen LogP contribution in [0.15, 0.2) is 42.7 Å². The smallest absolute Gasteiger partial charge is 0.336 e. The molecular formula is C16H12N2O4. The van der Waals surface area contributed by atoms with E-state index in [0.29, 0.717) is 16.8 Å². The molecule has 0 unspecified atom stereocenters. The number of nitrogens with one attached hydrogen (secondary N) is 1. The molecule has 6 nitrogen and oxygen atoms in total. The van der Waals surface area contributed by atoms with E-state index < -0.39 is 5.97 Å². The lowest BCUT2D eigenvalue weighted by Gasteiger charge is -2.05. The van der Waals surface area contributed by atoms with Crippen LogP contribution in [-0.4, -0.2) is 31.3 Å². The van der Waals surface area contributed by atoms with Crippen LogP contribution in [-0.2, 0) is 4.79 Å². The third kappa shape index (κ3) is 2.37. The Hall–Kier alpha value is -3.28. The molecule has 0 bridgehead atoms. The number of carboxylic acids is 1. The highest BCUT2D eigenvalue weighted by Crippen LogP contribution is 2.30. The lowest BCUT2D eigenvalue weighted by molar-refractivity contribution is -0.130. The molecule has 1 aromatic carbocycles. The number of aromatic hydroxyl groups is 2. The van der Waals surface area contributed by atoms with E-state index in [0.717, 1.165) is 5.39 Å². The molecule has 22 heavy (non-hydrogen) atoms. The zero-order chi connectivity index (χ0) is 15.7. The maximum Gasteiger partial charge on any atom is 0.336 e. The molecule has 4 N–H and O–H groups in total. The van der Waals surface area contributed by atoms with Crippen LogP contribution in [0.1, 0.15) is 11.1 Å². The Balaban J connectivity index is 2.15. The second-order valence-electron chi connectivity index (χ2n) is 4.71. The minimum absolute atomic E-state index is 0.0000491.